The molecule has 0 bridgehead atoms. The summed E-state index contributed by atoms with van der Waals surface area (Å²) in [5, 5.41) is 2.92. The molecule has 1 amide bonds. The van der Waals surface area contributed by atoms with E-state index in [0.29, 0.717) is 5.75 Å². The molecule has 0 spiro atoms. The van der Waals surface area contributed by atoms with Crippen molar-refractivity contribution in [1.29, 1.82) is 0 Å². The van der Waals surface area contributed by atoms with Crippen LogP contribution in [-0.2, 0) is 6.54 Å². The van der Waals surface area contributed by atoms with Gasteiger partial charge in [-0.25, -0.2) is 4.79 Å². The van der Waals surface area contributed by atoms with Crippen molar-refractivity contribution in [3.63, 3.8) is 0 Å². The second kappa shape index (κ2) is 10.7. The third-order valence-corrected chi connectivity index (χ3v) is 11.1. The average molecular weight is 507 g/mol. The van der Waals surface area contributed by atoms with Crippen molar-refractivity contribution >= 4 is 14.4 Å². The van der Waals surface area contributed by atoms with Crippen molar-refractivity contribution in [1.82, 2.24) is 10.3 Å². The molecule has 1 N–H and O–H groups in total. The molecule has 3 rings (SSSR count). The van der Waals surface area contributed by atoms with Crippen molar-refractivity contribution in [3.05, 3.63) is 71.0 Å². The quantitative estimate of drug-likeness (QED) is 0.339. The lowest BCUT2D eigenvalue weighted by atomic mass is 10.0. The number of aryl methyl sites for hydroxylation is 2. The molecule has 1 aromatic heterocycles. The Morgan fingerprint density at radius 3 is 2.25 bits per heavy atom. The molecule has 0 unspecified atom stereocenters. The normalized spacial score (nSPS) is 11.7. The molecule has 0 saturated heterocycles. The molecule has 0 aliphatic rings. The van der Waals surface area contributed by atoms with E-state index in [4.69, 9.17) is 13.9 Å². The highest BCUT2D eigenvalue weighted by molar-refractivity contribution is 6.74. The van der Waals surface area contributed by atoms with Crippen LogP contribution in [0.2, 0.25) is 18.1 Å². The number of ether oxygens (including phenoxy) is 2. The first-order valence-corrected chi connectivity index (χ1v) is 15.1. The number of nitrogens with one attached hydrogen (secondary N) is 1. The minimum atomic E-state index is -1.90. The predicted octanol–water partition coefficient (Wildman–Crippen LogP) is 7.36. The number of benzene rings is 2. The maximum Gasteiger partial charge on any atom is 0.412 e. The summed E-state index contributed by atoms with van der Waals surface area (Å²) < 4.78 is 17.4. The maximum atomic E-state index is 12.5. The van der Waals surface area contributed by atoms with Gasteiger partial charge in [0.15, 0.2) is 0 Å². The number of aromatic nitrogens is 1. The first-order valence-electron chi connectivity index (χ1n) is 12.2. The van der Waals surface area contributed by atoms with Crippen molar-refractivity contribution in [2.75, 3.05) is 7.11 Å². The van der Waals surface area contributed by atoms with Gasteiger partial charge >= 0.3 is 6.09 Å². The predicted molar refractivity (Wildman–Crippen MR) is 148 cm³/mol. The number of pyridine rings is 1. The Balaban J connectivity index is 1.70. The summed E-state index contributed by atoms with van der Waals surface area (Å²) in [5.74, 6) is 2.14. The van der Waals surface area contributed by atoms with E-state index in [1.165, 1.54) is 0 Å². The Labute approximate surface area is 216 Å². The minimum absolute atomic E-state index is 0.134. The number of carbonyl (C=O) groups is 1. The third kappa shape index (κ3) is 6.46. The average Bonchev–Trinajstić information content (AvgIpc) is 2.78. The Morgan fingerprint density at radius 1 is 0.972 bits per heavy atom. The molecule has 0 radical (unpaired) electrons. The molecular weight excluding hydrogens is 468 g/mol. The zero-order chi connectivity index (χ0) is 26.7. The summed E-state index contributed by atoms with van der Waals surface area (Å²) in [6.45, 7) is 17.3. The van der Waals surface area contributed by atoms with Gasteiger partial charge in [-0.3, -0.25) is 4.98 Å². The van der Waals surface area contributed by atoms with Gasteiger partial charge in [-0.05, 0) is 79.9 Å². The van der Waals surface area contributed by atoms with E-state index < -0.39 is 14.4 Å². The standard InChI is InChI=1S/C29H38N2O4Si/c1-19-14-23(22-10-12-24(13-11-22)35-36(8,9)29(4,5)6)16-25(15-19)34-28(32)31-18-26-21(3)27(33-7)20(2)17-30-26/h10-17H,18H2,1-9H3,(H,31,32). The van der Waals surface area contributed by atoms with Crippen LogP contribution in [0.15, 0.2) is 48.7 Å². The van der Waals surface area contributed by atoms with Gasteiger partial charge in [-0.2, -0.15) is 0 Å². The monoisotopic (exact) mass is 506 g/mol. The fourth-order valence-corrected chi connectivity index (χ4v) is 4.72. The first kappa shape index (κ1) is 27.3. The number of carbonyl (C=O) groups excluding carboxylic acids is 1. The van der Waals surface area contributed by atoms with Crippen molar-refractivity contribution in [3.8, 4) is 28.4 Å². The van der Waals surface area contributed by atoms with E-state index in [1.807, 2.05) is 57.2 Å². The second-order valence-electron chi connectivity index (χ2n) is 10.7. The van der Waals surface area contributed by atoms with Crippen LogP contribution in [0.4, 0.5) is 4.79 Å². The van der Waals surface area contributed by atoms with E-state index in [9.17, 15) is 4.79 Å². The summed E-state index contributed by atoms with van der Waals surface area (Å²) in [6, 6.07) is 13.9. The Kier molecular flexibility index (Phi) is 8.14. The highest BCUT2D eigenvalue weighted by Gasteiger charge is 2.38. The fourth-order valence-electron chi connectivity index (χ4n) is 3.68. The number of nitrogens with zero attached hydrogens (tertiary/aromatic N) is 1. The second-order valence-corrected chi connectivity index (χ2v) is 15.4. The van der Waals surface area contributed by atoms with Crippen LogP contribution >= 0.6 is 0 Å². The van der Waals surface area contributed by atoms with Crippen LogP contribution in [-0.4, -0.2) is 26.5 Å². The molecular formula is C29H38N2O4Si. The SMILES string of the molecule is COc1c(C)cnc(CNC(=O)Oc2cc(C)cc(-c3ccc(O[Si](C)(C)C(C)(C)C)cc3)c2)c1C. The fraction of sp³-hybridized carbons (Fsp3) is 0.379. The third-order valence-electron chi connectivity index (χ3n) is 6.78. The lowest BCUT2D eigenvalue weighted by molar-refractivity contribution is 0.200. The highest BCUT2D eigenvalue weighted by atomic mass is 28.4. The van der Waals surface area contributed by atoms with Crippen LogP contribution in [0.1, 0.15) is 43.2 Å². The van der Waals surface area contributed by atoms with Crippen molar-refractivity contribution in [2.24, 2.45) is 0 Å². The lowest BCUT2D eigenvalue weighted by Crippen LogP contribution is -2.43. The zero-order valence-electron chi connectivity index (χ0n) is 22.9. The van der Waals surface area contributed by atoms with Gasteiger partial charge in [0.1, 0.15) is 17.2 Å². The van der Waals surface area contributed by atoms with Gasteiger partial charge in [0.2, 0.25) is 8.32 Å². The van der Waals surface area contributed by atoms with E-state index in [1.54, 1.807) is 13.3 Å². The summed E-state index contributed by atoms with van der Waals surface area (Å²) in [4.78, 5) is 16.9. The van der Waals surface area contributed by atoms with Crippen LogP contribution in [0.5, 0.6) is 17.2 Å². The Morgan fingerprint density at radius 2 is 1.64 bits per heavy atom. The van der Waals surface area contributed by atoms with Gasteiger partial charge in [0.25, 0.3) is 0 Å². The Bertz CT molecular complexity index is 1230. The smallest absolute Gasteiger partial charge is 0.412 e. The molecule has 0 atom stereocenters. The number of amides is 1. The summed E-state index contributed by atoms with van der Waals surface area (Å²) in [5.41, 5.74) is 5.58. The van der Waals surface area contributed by atoms with E-state index in [-0.39, 0.29) is 11.6 Å². The molecule has 3 aromatic rings. The number of rotatable bonds is 7. The van der Waals surface area contributed by atoms with Crippen molar-refractivity contribution < 1.29 is 18.7 Å². The number of hydrogen-bond acceptors (Lipinski definition) is 5. The molecule has 0 saturated carbocycles. The lowest BCUT2D eigenvalue weighted by Gasteiger charge is -2.36. The molecule has 192 valence electrons. The molecule has 7 heteroatoms. The van der Waals surface area contributed by atoms with Gasteiger partial charge < -0.3 is 19.2 Å². The molecule has 0 fully saturated rings. The molecule has 36 heavy (non-hydrogen) atoms. The van der Waals surface area contributed by atoms with Gasteiger partial charge in [-0.1, -0.05) is 39.0 Å². The van der Waals surface area contributed by atoms with Gasteiger partial charge in [0, 0.05) is 17.3 Å². The van der Waals surface area contributed by atoms with Gasteiger partial charge in [0.05, 0.1) is 19.3 Å². The van der Waals surface area contributed by atoms with Crippen LogP contribution in [0.25, 0.3) is 11.1 Å². The first-order chi connectivity index (χ1) is 16.8. The molecule has 0 aliphatic heterocycles. The maximum absolute atomic E-state index is 12.5. The summed E-state index contributed by atoms with van der Waals surface area (Å²) in [6.07, 6.45) is 1.20. The van der Waals surface area contributed by atoms with E-state index in [2.05, 4.69) is 50.2 Å². The molecule has 0 aliphatic carbocycles. The summed E-state index contributed by atoms with van der Waals surface area (Å²) in [7, 11) is -0.269. The van der Waals surface area contributed by atoms with E-state index >= 15 is 0 Å². The zero-order valence-corrected chi connectivity index (χ0v) is 23.9. The van der Waals surface area contributed by atoms with Crippen LogP contribution in [0.3, 0.4) is 0 Å². The Hall–Kier alpha value is -3.32. The number of methoxy groups -OCH3 is 1. The van der Waals surface area contributed by atoms with Crippen LogP contribution in [0, 0.1) is 20.8 Å². The van der Waals surface area contributed by atoms with E-state index in [0.717, 1.165) is 45.0 Å². The highest BCUT2D eigenvalue weighted by Crippen LogP contribution is 2.38. The van der Waals surface area contributed by atoms with Gasteiger partial charge in [-0.15, -0.1) is 0 Å². The topological polar surface area (TPSA) is 69.7 Å². The largest absolute Gasteiger partial charge is 0.544 e. The molecule has 1 heterocycles. The van der Waals surface area contributed by atoms with Crippen molar-refractivity contribution in [2.45, 2.75) is 66.2 Å². The molecule has 6 nitrogen and oxygen atoms in total. The number of hydrogen-bond donors (Lipinski definition) is 1. The minimum Gasteiger partial charge on any atom is -0.544 e. The summed E-state index contributed by atoms with van der Waals surface area (Å²) >= 11 is 0. The van der Waals surface area contributed by atoms with Crippen LogP contribution < -0.4 is 19.2 Å². The molecule has 2 aromatic carbocycles.